The molecule has 0 saturated heterocycles. The Kier molecular flexibility index (Phi) is 4.94. The molecule has 1 aromatic carbocycles. The van der Waals surface area contributed by atoms with Gasteiger partial charge >= 0.3 is 0 Å². The molecule has 6 nitrogen and oxygen atoms in total. The van der Waals surface area contributed by atoms with Gasteiger partial charge in [0.05, 0.1) is 0 Å². The van der Waals surface area contributed by atoms with E-state index in [4.69, 9.17) is 0 Å². The fourth-order valence-corrected chi connectivity index (χ4v) is 4.19. The van der Waals surface area contributed by atoms with Gasteiger partial charge in [0, 0.05) is 29.0 Å². The van der Waals surface area contributed by atoms with Crippen molar-refractivity contribution in [2.75, 3.05) is 5.32 Å². The zero-order chi connectivity index (χ0) is 18.8. The number of nitrogens with one attached hydrogen (secondary N) is 1. The number of hydrogen-bond acceptors (Lipinski definition) is 6. The van der Waals surface area contributed by atoms with Crippen LogP contribution in [0, 0.1) is 18.8 Å². The van der Waals surface area contributed by atoms with Crippen molar-refractivity contribution < 1.29 is 9.59 Å². The summed E-state index contributed by atoms with van der Waals surface area (Å²) < 4.78 is 0. The molecule has 138 valence electrons. The zero-order valence-corrected chi connectivity index (χ0v) is 15.8. The molecule has 0 unspecified atom stereocenters. The Morgan fingerprint density at radius 1 is 1.15 bits per heavy atom. The summed E-state index contributed by atoms with van der Waals surface area (Å²) in [6, 6.07) is 7.94. The molecule has 2 heterocycles. The number of nitrogens with zero attached hydrogens (tertiary/aromatic N) is 3. The molecule has 3 aromatic rings. The van der Waals surface area contributed by atoms with Gasteiger partial charge in [-0.15, -0.1) is 10.2 Å². The van der Waals surface area contributed by atoms with E-state index in [1.165, 1.54) is 0 Å². The smallest absolute Gasteiger partial charge is 0.228 e. The molecule has 1 saturated carbocycles. The van der Waals surface area contributed by atoms with Gasteiger partial charge in [-0.05, 0) is 50.1 Å². The van der Waals surface area contributed by atoms with Crippen LogP contribution in [-0.2, 0) is 9.59 Å². The maximum Gasteiger partial charge on any atom is 0.228 e. The second-order valence-electron chi connectivity index (χ2n) is 6.99. The lowest BCUT2D eigenvalue weighted by atomic mass is 9.82. The first-order chi connectivity index (χ1) is 13.1. The van der Waals surface area contributed by atoms with Crippen molar-refractivity contribution in [3.63, 3.8) is 0 Å². The van der Waals surface area contributed by atoms with Crippen LogP contribution in [-0.4, -0.2) is 27.4 Å². The van der Waals surface area contributed by atoms with E-state index < -0.39 is 0 Å². The predicted octanol–water partition coefficient (Wildman–Crippen LogP) is 4.01. The Bertz CT molecular complexity index is 993. The summed E-state index contributed by atoms with van der Waals surface area (Å²) in [6.45, 7) is 1.93. The third-order valence-electron chi connectivity index (χ3n) is 5.08. The van der Waals surface area contributed by atoms with Gasteiger partial charge in [-0.25, -0.2) is 4.98 Å². The number of pyridine rings is 1. The van der Waals surface area contributed by atoms with Gasteiger partial charge in [-0.2, -0.15) is 0 Å². The summed E-state index contributed by atoms with van der Waals surface area (Å²) in [5, 5.41) is 15.0. The second-order valence-corrected chi connectivity index (χ2v) is 8.18. The van der Waals surface area contributed by atoms with Crippen LogP contribution in [0.25, 0.3) is 21.3 Å². The van der Waals surface area contributed by atoms with Gasteiger partial charge < -0.3 is 10.1 Å². The van der Waals surface area contributed by atoms with E-state index in [1.807, 2.05) is 31.2 Å². The first-order valence-electron chi connectivity index (χ1n) is 9.09. The number of aromatic nitrogens is 3. The quantitative estimate of drug-likeness (QED) is 0.692. The number of carbonyl (C=O) groups excluding carboxylic acids is 2. The third-order valence-corrected chi connectivity index (χ3v) is 5.97. The number of aldehydes is 1. The van der Waals surface area contributed by atoms with Crippen LogP contribution in [0.5, 0.6) is 0 Å². The molecule has 0 atom stereocenters. The van der Waals surface area contributed by atoms with Crippen molar-refractivity contribution in [3.8, 4) is 10.6 Å². The van der Waals surface area contributed by atoms with E-state index in [0.29, 0.717) is 5.82 Å². The maximum atomic E-state index is 12.5. The lowest BCUT2D eigenvalue weighted by molar-refractivity contribution is -0.122. The SMILES string of the molecule is Cc1nnc(-c2ccc3cnc(NC(=O)[C@H]4CC[C@H](C=O)CC4)cc3c2)s1. The van der Waals surface area contributed by atoms with Crippen LogP contribution < -0.4 is 5.32 Å². The molecule has 1 aliphatic rings. The van der Waals surface area contributed by atoms with E-state index in [9.17, 15) is 9.59 Å². The highest BCUT2D eigenvalue weighted by Crippen LogP contribution is 2.30. The standard InChI is InChI=1S/C20H20N4O2S/c1-12-23-24-20(27-12)15-6-7-16-10-21-18(9-17(16)8-15)22-19(26)14-4-2-13(11-25)3-5-14/h6-11,13-14H,2-5H2,1H3,(H,21,22,26)/t13-,14-. The Hall–Kier alpha value is -2.67. The first-order valence-corrected chi connectivity index (χ1v) is 9.90. The second kappa shape index (κ2) is 7.52. The number of aryl methyl sites for hydroxylation is 1. The molecule has 1 fully saturated rings. The minimum atomic E-state index is -0.0469. The van der Waals surface area contributed by atoms with E-state index in [2.05, 4.69) is 20.5 Å². The normalized spacial score (nSPS) is 19.7. The van der Waals surface area contributed by atoms with Crippen molar-refractivity contribution in [1.29, 1.82) is 0 Å². The zero-order valence-electron chi connectivity index (χ0n) is 15.0. The topological polar surface area (TPSA) is 84.8 Å². The summed E-state index contributed by atoms with van der Waals surface area (Å²) in [5.74, 6) is 0.599. The van der Waals surface area contributed by atoms with Gasteiger partial charge in [-0.1, -0.05) is 23.5 Å². The number of benzene rings is 1. The summed E-state index contributed by atoms with van der Waals surface area (Å²) >= 11 is 1.55. The highest BCUT2D eigenvalue weighted by atomic mass is 32.1. The van der Waals surface area contributed by atoms with Crippen molar-refractivity contribution >= 4 is 40.1 Å². The summed E-state index contributed by atoms with van der Waals surface area (Å²) in [5.41, 5.74) is 1.00. The molecule has 1 N–H and O–H groups in total. The van der Waals surface area contributed by atoms with Crippen LogP contribution in [0.15, 0.2) is 30.5 Å². The van der Waals surface area contributed by atoms with E-state index in [-0.39, 0.29) is 17.7 Å². The maximum absolute atomic E-state index is 12.5. The highest BCUT2D eigenvalue weighted by molar-refractivity contribution is 7.14. The average molecular weight is 380 g/mol. The molecular weight excluding hydrogens is 360 g/mol. The van der Waals surface area contributed by atoms with Crippen molar-refractivity contribution in [3.05, 3.63) is 35.5 Å². The Labute approximate surface area is 161 Å². The number of fused-ring (bicyclic) bond motifs is 1. The fourth-order valence-electron chi connectivity index (χ4n) is 3.50. The van der Waals surface area contributed by atoms with Gasteiger partial charge in [0.25, 0.3) is 0 Å². The minimum Gasteiger partial charge on any atom is -0.310 e. The van der Waals surface area contributed by atoms with E-state index >= 15 is 0 Å². The molecule has 1 amide bonds. The Balaban J connectivity index is 1.52. The summed E-state index contributed by atoms with van der Waals surface area (Å²) in [6.07, 6.45) is 5.86. The van der Waals surface area contributed by atoms with Crippen LogP contribution >= 0.6 is 11.3 Å². The first kappa shape index (κ1) is 17.7. The number of hydrogen-bond donors (Lipinski definition) is 1. The van der Waals surface area contributed by atoms with Gasteiger partial charge in [0.15, 0.2) is 0 Å². The Morgan fingerprint density at radius 3 is 2.67 bits per heavy atom. The number of anilines is 1. The summed E-state index contributed by atoms with van der Waals surface area (Å²) in [4.78, 5) is 27.8. The predicted molar refractivity (Wildman–Crippen MR) is 106 cm³/mol. The van der Waals surface area contributed by atoms with Crippen molar-refractivity contribution in [2.45, 2.75) is 32.6 Å². The monoisotopic (exact) mass is 380 g/mol. The van der Waals surface area contributed by atoms with E-state index in [0.717, 1.165) is 58.3 Å². The minimum absolute atomic E-state index is 0.0119. The molecule has 0 radical (unpaired) electrons. The lowest BCUT2D eigenvalue weighted by Crippen LogP contribution is -2.27. The molecule has 0 aliphatic heterocycles. The van der Waals surface area contributed by atoms with Crippen LogP contribution in [0.1, 0.15) is 30.7 Å². The highest BCUT2D eigenvalue weighted by Gasteiger charge is 2.26. The lowest BCUT2D eigenvalue weighted by Gasteiger charge is -2.24. The van der Waals surface area contributed by atoms with Gasteiger partial charge in [0.2, 0.25) is 5.91 Å². The fraction of sp³-hybridized carbons (Fsp3) is 0.350. The molecule has 4 rings (SSSR count). The third kappa shape index (κ3) is 3.88. The van der Waals surface area contributed by atoms with Crippen molar-refractivity contribution in [2.24, 2.45) is 11.8 Å². The Morgan fingerprint density at radius 2 is 1.96 bits per heavy atom. The van der Waals surface area contributed by atoms with E-state index in [1.54, 1.807) is 17.5 Å². The molecule has 0 spiro atoms. The number of amides is 1. The average Bonchev–Trinajstić information content (AvgIpc) is 3.14. The molecular formula is C20H20N4O2S. The number of carbonyl (C=O) groups is 2. The largest absolute Gasteiger partial charge is 0.310 e. The van der Waals surface area contributed by atoms with Crippen LogP contribution in [0.4, 0.5) is 5.82 Å². The number of rotatable bonds is 4. The van der Waals surface area contributed by atoms with Crippen LogP contribution in [0.3, 0.4) is 0 Å². The summed E-state index contributed by atoms with van der Waals surface area (Å²) in [7, 11) is 0. The molecule has 7 heteroatoms. The molecule has 27 heavy (non-hydrogen) atoms. The molecule has 2 aromatic heterocycles. The van der Waals surface area contributed by atoms with Gasteiger partial charge in [-0.3, -0.25) is 4.79 Å². The van der Waals surface area contributed by atoms with Gasteiger partial charge in [0.1, 0.15) is 22.1 Å². The van der Waals surface area contributed by atoms with Crippen molar-refractivity contribution in [1.82, 2.24) is 15.2 Å². The van der Waals surface area contributed by atoms with Crippen LogP contribution in [0.2, 0.25) is 0 Å². The molecule has 1 aliphatic carbocycles. The molecule has 0 bridgehead atoms.